The molecule has 2 aromatic carbocycles. The molecule has 0 fully saturated rings. The first-order chi connectivity index (χ1) is 8.15. The molecule has 0 unspecified atom stereocenters. The molecule has 88 valence electrons. The Morgan fingerprint density at radius 2 is 1.82 bits per heavy atom. The average Bonchev–Trinajstić information content (AvgIpc) is 2.32. The minimum absolute atomic E-state index is 0.254. The highest BCUT2D eigenvalue weighted by Crippen LogP contribution is 2.23. The second kappa shape index (κ2) is 4.78. The molecule has 0 bridgehead atoms. The summed E-state index contributed by atoms with van der Waals surface area (Å²) in [6.45, 7) is 2.43. The summed E-state index contributed by atoms with van der Waals surface area (Å²) < 4.78 is 5.64. The van der Waals surface area contributed by atoms with Gasteiger partial charge in [-0.2, -0.15) is 0 Å². The zero-order valence-corrected chi connectivity index (χ0v) is 9.68. The number of hydrogen-bond acceptors (Lipinski definition) is 3. The number of rotatable bonds is 3. The quantitative estimate of drug-likeness (QED) is 0.796. The fourth-order valence-electron chi connectivity index (χ4n) is 1.52. The van der Waals surface area contributed by atoms with Gasteiger partial charge in [0, 0.05) is 0 Å². The van der Waals surface area contributed by atoms with Crippen molar-refractivity contribution in [3.63, 3.8) is 0 Å². The molecule has 0 atom stereocenters. The normalized spacial score (nSPS) is 10.2. The van der Waals surface area contributed by atoms with Gasteiger partial charge in [0.25, 0.3) is 0 Å². The number of nitrogen functional groups attached to an aromatic ring is 1. The Bertz CT molecular complexity index is 506. The van der Waals surface area contributed by atoms with Crippen molar-refractivity contribution >= 4 is 5.69 Å². The summed E-state index contributed by atoms with van der Waals surface area (Å²) in [4.78, 5) is 0. The van der Waals surface area contributed by atoms with Crippen LogP contribution in [0.1, 0.15) is 11.1 Å². The van der Waals surface area contributed by atoms with E-state index >= 15 is 0 Å². The summed E-state index contributed by atoms with van der Waals surface area (Å²) in [7, 11) is 0. The second-order valence-corrected chi connectivity index (χ2v) is 4.00. The topological polar surface area (TPSA) is 55.5 Å². The second-order valence-electron chi connectivity index (χ2n) is 4.00. The molecule has 0 aromatic heterocycles. The smallest absolute Gasteiger partial charge is 0.142 e. The Balaban J connectivity index is 2.07. The average molecular weight is 229 g/mol. The maximum absolute atomic E-state index is 9.16. The molecular weight excluding hydrogens is 214 g/mol. The predicted molar refractivity (Wildman–Crippen MR) is 68.0 cm³/mol. The van der Waals surface area contributed by atoms with Gasteiger partial charge in [-0.1, -0.05) is 18.2 Å². The van der Waals surface area contributed by atoms with Gasteiger partial charge in [0.15, 0.2) is 0 Å². The molecule has 3 heteroatoms. The van der Waals surface area contributed by atoms with Crippen molar-refractivity contribution in [2.24, 2.45) is 0 Å². The van der Waals surface area contributed by atoms with Crippen LogP contribution in [-0.2, 0) is 6.61 Å². The highest BCUT2D eigenvalue weighted by molar-refractivity contribution is 5.53. The van der Waals surface area contributed by atoms with Crippen molar-refractivity contribution in [2.75, 3.05) is 5.73 Å². The van der Waals surface area contributed by atoms with E-state index in [1.54, 1.807) is 12.1 Å². The fraction of sp³-hybridized carbons (Fsp3) is 0.143. The zero-order valence-electron chi connectivity index (χ0n) is 9.68. The number of phenols is 1. The third kappa shape index (κ3) is 2.91. The van der Waals surface area contributed by atoms with Crippen molar-refractivity contribution in [3.05, 3.63) is 53.6 Å². The third-order valence-corrected chi connectivity index (χ3v) is 2.50. The Morgan fingerprint density at radius 3 is 2.53 bits per heavy atom. The standard InChI is InChI=1S/C14H15NO2/c1-10-2-7-13(15)14(8-10)17-9-11-3-5-12(16)6-4-11/h2-8,16H,9,15H2,1H3. The molecule has 0 saturated carbocycles. The van der Waals surface area contributed by atoms with E-state index in [-0.39, 0.29) is 5.75 Å². The lowest BCUT2D eigenvalue weighted by atomic mass is 10.2. The number of hydrogen-bond donors (Lipinski definition) is 2. The lowest BCUT2D eigenvalue weighted by Crippen LogP contribution is -1.98. The van der Waals surface area contributed by atoms with Crippen molar-refractivity contribution in [1.29, 1.82) is 0 Å². The van der Waals surface area contributed by atoms with Crippen molar-refractivity contribution in [3.8, 4) is 11.5 Å². The number of phenolic OH excluding ortho intramolecular Hbond substituents is 1. The van der Waals surface area contributed by atoms with Crippen LogP contribution in [0.3, 0.4) is 0 Å². The van der Waals surface area contributed by atoms with Crippen LogP contribution in [0.4, 0.5) is 5.69 Å². The van der Waals surface area contributed by atoms with Crippen molar-refractivity contribution < 1.29 is 9.84 Å². The van der Waals surface area contributed by atoms with Crippen molar-refractivity contribution in [1.82, 2.24) is 0 Å². The predicted octanol–water partition coefficient (Wildman–Crippen LogP) is 2.86. The van der Waals surface area contributed by atoms with Crippen LogP contribution in [0, 0.1) is 6.92 Å². The molecule has 3 N–H and O–H groups in total. The van der Waals surface area contributed by atoms with Crippen LogP contribution in [0.25, 0.3) is 0 Å². The molecule has 0 aliphatic heterocycles. The molecular formula is C14H15NO2. The molecule has 2 aromatic rings. The van der Waals surface area contributed by atoms with Gasteiger partial charge >= 0.3 is 0 Å². The fourth-order valence-corrected chi connectivity index (χ4v) is 1.52. The molecule has 0 spiro atoms. The Labute approximate surface area is 100 Å². The Kier molecular flexibility index (Phi) is 3.19. The molecule has 0 heterocycles. The number of aromatic hydroxyl groups is 1. The summed E-state index contributed by atoms with van der Waals surface area (Å²) in [6.07, 6.45) is 0. The number of nitrogens with two attached hydrogens (primary N) is 1. The van der Waals surface area contributed by atoms with Gasteiger partial charge in [-0.25, -0.2) is 0 Å². The van der Waals surface area contributed by atoms with Crippen LogP contribution in [-0.4, -0.2) is 5.11 Å². The molecule has 0 aliphatic carbocycles. The van der Waals surface area contributed by atoms with Crippen LogP contribution < -0.4 is 10.5 Å². The lowest BCUT2D eigenvalue weighted by Gasteiger charge is -2.09. The largest absolute Gasteiger partial charge is 0.508 e. The molecule has 0 radical (unpaired) electrons. The van der Waals surface area contributed by atoms with E-state index in [9.17, 15) is 0 Å². The van der Waals surface area contributed by atoms with Gasteiger partial charge in [-0.15, -0.1) is 0 Å². The first kappa shape index (κ1) is 11.3. The molecule has 2 rings (SSSR count). The maximum atomic E-state index is 9.16. The number of benzene rings is 2. The summed E-state index contributed by atoms with van der Waals surface area (Å²) in [5, 5.41) is 9.16. The van der Waals surface area contributed by atoms with E-state index in [1.807, 2.05) is 37.3 Å². The summed E-state index contributed by atoms with van der Waals surface area (Å²) in [6, 6.07) is 12.6. The van der Waals surface area contributed by atoms with E-state index in [2.05, 4.69) is 0 Å². The van der Waals surface area contributed by atoms with E-state index < -0.39 is 0 Å². The maximum Gasteiger partial charge on any atom is 0.142 e. The molecule has 3 nitrogen and oxygen atoms in total. The van der Waals surface area contributed by atoms with Gasteiger partial charge in [0.1, 0.15) is 18.1 Å². The van der Waals surface area contributed by atoms with E-state index in [0.29, 0.717) is 18.0 Å². The highest BCUT2D eigenvalue weighted by Gasteiger charge is 2.01. The summed E-state index contributed by atoms with van der Waals surface area (Å²) in [5.74, 6) is 0.946. The Hall–Kier alpha value is -2.16. The van der Waals surface area contributed by atoms with Gasteiger partial charge in [-0.3, -0.25) is 0 Å². The first-order valence-electron chi connectivity index (χ1n) is 5.42. The minimum Gasteiger partial charge on any atom is -0.508 e. The van der Waals surface area contributed by atoms with Gasteiger partial charge in [0.05, 0.1) is 5.69 Å². The van der Waals surface area contributed by atoms with E-state index in [0.717, 1.165) is 11.1 Å². The van der Waals surface area contributed by atoms with Gasteiger partial charge < -0.3 is 15.6 Å². The Morgan fingerprint density at radius 1 is 1.12 bits per heavy atom. The molecule has 17 heavy (non-hydrogen) atoms. The van der Waals surface area contributed by atoms with Crippen LogP contribution in [0.2, 0.25) is 0 Å². The molecule has 0 saturated heterocycles. The van der Waals surface area contributed by atoms with Crippen LogP contribution >= 0.6 is 0 Å². The number of ether oxygens (including phenoxy) is 1. The first-order valence-corrected chi connectivity index (χ1v) is 5.42. The molecule has 0 aliphatic rings. The monoisotopic (exact) mass is 229 g/mol. The number of anilines is 1. The molecule has 0 amide bonds. The number of aryl methyl sites for hydroxylation is 1. The summed E-state index contributed by atoms with van der Waals surface area (Å²) in [5.41, 5.74) is 8.55. The van der Waals surface area contributed by atoms with Crippen LogP contribution in [0.15, 0.2) is 42.5 Å². The highest BCUT2D eigenvalue weighted by atomic mass is 16.5. The lowest BCUT2D eigenvalue weighted by molar-refractivity contribution is 0.307. The third-order valence-electron chi connectivity index (χ3n) is 2.50. The summed E-state index contributed by atoms with van der Waals surface area (Å²) >= 11 is 0. The van der Waals surface area contributed by atoms with Gasteiger partial charge in [0.2, 0.25) is 0 Å². The zero-order chi connectivity index (χ0) is 12.3. The van der Waals surface area contributed by atoms with E-state index in [1.165, 1.54) is 0 Å². The SMILES string of the molecule is Cc1ccc(N)c(OCc2ccc(O)cc2)c1. The van der Waals surface area contributed by atoms with Crippen molar-refractivity contribution in [2.45, 2.75) is 13.5 Å². The van der Waals surface area contributed by atoms with Crippen LogP contribution in [0.5, 0.6) is 11.5 Å². The van der Waals surface area contributed by atoms with Gasteiger partial charge in [-0.05, 0) is 42.3 Å². The minimum atomic E-state index is 0.254. The van der Waals surface area contributed by atoms with E-state index in [4.69, 9.17) is 15.6 Å².